The lowest BCUT2D eigenvalue weighted by Crippen LogP contribution is -2.51. The molecular formula is C39H55N3O6. The molecule has 0 spiro atoms. The summed E-state index contributed by atoms with van der Waals surface area (Å²) in [5, 5.41) is 12.7. The summed E-state index contributed by atoms with van der Waals surface area (Å²) in [6, 6.07) is 15.4. The molecule has 4 rings (SSSR count). The number of carbonyl (C=O) groups is 4. The number of aliphatic hydroxyl groups is 1. The second-order valence-electron chi connectivity index (χ2n) is 14.2. The number of aliphatic hydroxyl groups excluding tert-OH is 1. The number of nitrogens with zero attached hydrogens (tertiary/aromatic N) is 2. The summed E-state index contributed by atoms with van der Waals surface area (Å²) in [7, 11) is 1.86. The first kappa shape index (κ1) is 37.1. The third-order valence-corrected chi connectivity index (χ3v) is 10.4. The van der Waals surface area contributed by atoms with Crippen molar-refractivity contribution in [3.05, 3.63) is 65.2 Å². The van der Waals surface area contributed by atoms with E-state index in [2.05, 4.69) is 17.4 Å². The van der Waals surface area contributed by atoms with Crippen molar-refractivity contribution in [2.75, 3.05) is 33.4 Å². The number of ketones is 1. The molecule has 0 aromatic heterocycles. The summed E-state index contributed by atoms with van der Waals surface area (Å²) >= 11 is 0. The Labute approximate surface area is 286 Å². The predicted octanol–water partition coefficient (Wildman–Crippen LogP) is 5.25. The van der Waals surface area contributed by atoms with Crippen LogP contribution in [-0.4, -0.2) is 77.8 Å². The monoisotopic (exact) mass is 661 g/mol. The van der Waals surface area contributed by atoms with Gasteiger partial charge in [-0.05, 0) is 93.5 Å². The van der Waals surface area contributed by atoms with E-state index in [0.717, 1.165) is 61.8 Å². The van der Waals surface area contributed by atoms with E-state index in [1.807, 2.05) is 62.2 Å². The molecule has 2 N–H and O–H groups in total. The van der Waals surface area contributed by atoms with Crippen LogP contribution in [0.3, 0.4) is 0 Å². The van der Waals surface area contributed by atoms with Gasteiger partial charge >= 0.3 is 0 Å². The minimum absolute atomic E-state index is 0.0688. The summed E-state index contributed by atoms with van der Waals surface area (Å²) in [5.74, 6) is 0.384. The fraction of sp³-hybridized carbons (Fsp3) is 0.590. The maximum atomic E-state index is 13.3. The van der Waals surface area contributed by atoms with Crippen molar-refractivity contribution in [2.24, 2.45) is 17.3 Å². The van der Waals surface area contributed by atoms with Gasteiger partial charge in [0.25, 0.3) is 0 Å². The number of carbonyl (C=O) groups excluding carboxylic acids is 4. The molecule has 9 heteroatoms. The number of rotatable bonds is 16. The second kappa shape index (κ2) is 17.6. The Hall–Kier alpha value is -3.72. The maximum Gasteiger partial charge on any atom is 0.229 e. The predicted molar refractivity (Wildman–Crippen MR) is 186 cm³/mol. The van der Waals surface area contributed by atoms with Crippen molar-refractivity contribution in [1.82, 2.24) is 15.1 Å². The van der Waals surface area contributed by atoms with Crippen LogP contribution < -0.4 is 10.1 Å². The SMILES string of the molecule is CC(=O)[C@H](CC(=O)N1CCCC(CCOc2ccc(C)c(CN(C)C(=O)[C@@H](C)CCc3ccccc3)c2)C1)NC(=O)C1(CO)CCCC1. The van der Waals surface area contributed by atoms with Crippen LogP contribution in [0, 0.1) is 24.2 Å². The highest BCUT2D eigenvalue weighted by atomic mass is 16.5. The van der Waals surface area contributed by atoms with Crippen LogP contribution in [0.1, 0.15) is 88.3 Å². The maximum absolute atomic E-state index is 13.3. The van der Waals surface area contributed by atoms with Crippen molar-refractivity contribution in [3.63, 3.8) is 0 Å². The largest absolute Gasteiger partial charge is 0.494 e. The third kappa shape index (κ3) is 10.1. The number of ether oxygens (including phenoxy) is 1. The van der Waals surface area contributed by atoms with Gasteiger partial charge in [0.1, 0.15) is 5.75 Å². The molecule has 2 aromatic rings. The van der Waals surface area contributed by atoms with Crippen molar-refractivity contribution in [3.8, 4) is 5.75 Å². The Morgan fingerprint density at radius 1 is 1.08 bits per heavy atom. The average molecular weight is 662 g/mol. The molecule has 1 saturated carbocycles. The lowest BCUT2D eigenvalue weighted by molar-refractivity contribution is -0.139. The van der Waals surface area contributed by atoms with Crippen LogP contribution in [-0.2, 0) is 32.1 Å². The minimum Gasteiger partial charge on any atom is -0.494 e. The molecular weight excluding hydrogens is 606 g/mol. The van der Waals surface area contributed by atoms with Gasteiger partial charge in [0.15, 0.2) is 5.78 Å². The van der Waals surface area contributed by atoms with Gasteiger partial charge in [-0.3, -0.25) is 19.2 Å². The molecule has 3 atom stereocenters. The van der Waals surface area contributed by atoms with E-state index < -0.39 is 11.5 Å². The van der Waals surface area contributed by atoms with Gasteiger partial charge < -0.3 is 25.0 Å². The van der Waals surface area contributed by atoms with Crippen LogP contribution in [0.15, 0.2) is 48.5 Å². The van der Waals surface area contributed by atoms with Gasteiger partial charge in [-0.2, -0.15) is 0 Å². The van der Waals surface area contributed by atoms with Gasteiger partial charge in [0.05, 0.1) is 31.1 Å². The first-order valence-corrected chi connectivity index (χ1v) is 17.7. The number of hydrogen-bond acceptors (Lipinski definition) is 6. The zero-order valence-electron chi connectivity index (χ0n) is 29.3. The lowest BCUT2D eigenvalue weighted by Gasteiger charge is -2.34. The van der Waals surface area contributed by atoms with E-state index in [-0.39, 0.29) is 48.4 Å². The molecule has 2 fully saturated rings. The highest BCUT2D eigenvalue weighted by Crippen LogP contribution is 2.38. The molecule has 1 aliphatic heterocycles. The normalized spacial score (nSPS) is 18.5. The molecule has 9 nitrogen and oxygen atoms in total. The number of nitrogens with one attached hydrogen (secondary N) is 1. The second-order valence-corrected chi connectivity index (χ2v) is 14.2. The Bertz CT molecular complexity index is 1390. The highest BCUT2D eigenvalue weighted by Gasteiger charge is 2.42. The lowest BCUT2D eigenvalue weighted by atomic mass is 9.85. The van der Waals surface area contributed by atoms with Crippen molar-refractivity contribution in [2.45, 2.75) is 97.6 Å². The Morgan fingerprint density at radius 2 is 1.81 bits per heavy atom. The van der Waals surface area contributed by atoms with Crippen LogP contribution in [0.4, 0.5) is 0 Å². The molecule has 1 unspecified atom stereocenters. The molecule has 0 bridgehead atoms. The summed E-state index contributed by atoms with van der Waals surface area (Å²) in [5.41, 5.74) is 2.56. The molecule has 1 saturated heterocycles. The molecule has 3 amide bonds. The molecule has 0 radical (unpaired) electrons. The smallest absolute Gasteiger partial charge is 0.229 e. The van der Waals surface area contributed by atoms with Crippen LogP contribution in [0.25, 0.3) is 0 Å². The molecule has 262 valence electrons. The number of aryl methyl sites for hydroxylation is 2. The van der Waals surface area contributed by atoms with Crippen LogP contribution in [0.2, 0.25) is 0 Å². The quantitative estimate of drug-likeness (QED) is 0.254. The first-order valence-electron chi connectivity index (χ1n) is 17.7. The van der Waals surface area contributed by atoms with Crippen molar-refractivity contribution >= 4 is 23.5 Å². The Kier molecular flexibility index (Phi) is 13.6. The van der Waals surface area contributed by atoms with E-state index in [9.17, 15) is 24.3 Å². The number of benzene rings is 2. The number of likely N-dealkylation sites (tertiary alicyclic amines) is 1. The Morgan fingerprint density at radius 3 is 2.50 bits per heavy atom. The van der Waals surface area contributed by atoms with Crippen molar-refractivity contribution in [1.29, 1.82) is 0 Å². The van der Waals surface area contributed by atoms with Gasteiger partial charge in [-0.25, -0.2) is 0 Å². The standard InChI is InChI=1S/C39H55N3O6/c1-28-15-17-34(23-33(28)26-41(4)37(46)29(2)14-16-31-11-6-5-7-12-31)48-22-18-32-13-10-21-42(25-32)36(45)24-35(30(3)44)40-38(47)39(27-43)19-8-9-20-39/h5-7,11-12,15,17,23,29,32,35,43H,8-10,13-14,16,18-22,24-27H2,1-4H3,(H,40,47)/t29-,32?,35-/m0/s1. The minimum atomic E-state index is -0.889. The number of piperidine rings is 1. The van der Waals surface area contributed by atoms with E-state index in [1.165, 1.54) is 12.5 Å². The summed E-state index contributed by atoms with van der Waals surface area (Å²) in [6.45, 7) is 7.44. The van der Waals surface area contributed by atoms with Crippen molar-refractivity contribution < 1.29 is 29.0 Å². The summed E-state index contributed by atoms with van der Waals surface area (Å²) < 4.78 is 6.17. The fourth-order valence-electron chi connectivity index (χ4n) is 7.06. The Balaban J connectivity index is 1.23. The molecule has 48 heavy (non-hydrogen) atoms. The number of Topliss-reactive ketones (excluding diaryl/α,β-unsaturated/α-hetero) is 1. The zero-order chi connectivity index (χ0) is 34.7. The number of hydrogen-bond donors (Lipinski definition) is 2. The van der Waals surface area contributed by atoms with Gasteiger partial charge in [-0.1, -0.05) is 56.2 Å². The van der Waals surface area contributed by atoms with Crippen LogP contribution >= 0.6 is 0 Å². The average Bonchev–Trinajstić information content (AvgIpc) is 3.59. The fourth-order valence-corrected chi connectivity index (χ4v) is 7.06. The van der Waals surface area contributed by atoms with Gasteiger partial charge in [-0.15, -0.1) is 0 Å². The van der Waals surface area contributed by atoms with Gasteiger partial charge in [0.2, 0.25) is 17.7 Å². The summed E-state index contributed by atoms with van der Waals surface area (Å²) in [4.78, 5) is 55.4. The highest BCUT2D eigenvalue weighted by molar-refractivity contribution is 5.93. The molecule has 1 heterocycles. The first-order chi connectivity index (χ1) is 23.0. The van der Waals surface area contributed by atoms with E-state index in [4.69, 9.17) is 4.74 Å². The zero-order valence-corrected chi connectivity index (χ0v) is 29.3. The number of amides is 3. The molecule has 1 aliphatic carbocycles. The topological polar surface area (TPSA) is 116 Å². The van der Waals surface area contributed by atoms with Crippen LogP contribution in [0.5, 0.6) is 5.75 Å². The molecule has 2 aliphatic rings. The molecule has 2 aromatic carbocycles. The van der Waals surface area contributed by atoms with E-state index in [1.54, 1.807) is 4.90 Å². The third-order valence-electron chi connectivity index (χ3n) is 10.4. The van der Waals surface area contributed by atoms with Gasteiger partial charge in [0, 0.05) is 32.6 Å². The van der Waals surface area contributed by atoms with E-state index in [0.29, 0.717) is 39.1 Å². The summed E-state index contributed by atoms with van der Waals surface area (Å²) in [6.07, 6.45) is 7.20. The van der Waals surface area contributed by atoms with E-state index >= 15 is 0 Å².